The maximum absolute atomic E-state index is 12.1. The van der Waals surface area contributed by atoms with E-state index in [2.05, 4.69) is 5.32 Å². The highest BCUT2D eigenvalue weighted by molar-refractivity contribution is 5.93. The monoisotopic (exact) mass is 341 g/mol. The number of carbonyl (C=O) groups excluding carboxylic acids is 2. The number of benzene rings is 2. The molecule has 2 atom stereocenters. The zero-order valence-electron chi connectivity index (χ0n) is 13.5. The summed E-state index contributed by atoms with van der Waals surface area (Å²) in [5, 5.41) is 24.6. The number of carboxylic acid groups (broad SMARTS) is 1. The molecule has 0 fully saturated rings. The molecule has 2 aromatic carbocycles. The van der Waals surface area contributed by atoms with Crippen molar-refractivity contribution < 1.29 is 19.6 Å². The Morgan fingerprint density at radius 3 is 2.20 bits per heavy atom. The fourth-order valence-electron chi connectivity index (χ4n) is 2.53. The number of nitrogens with one attached hydrogen (secondary N) is 1. The van der Waals surface area contributed by atoms with Crippen molar-refractivity contribution in [3.63, 3.8) is 0 Å². The third kappa shape index (κ3) is 4.87. The van der Waals surface area contributed by atoms with Gasteiger partial charge in [0.25, 0.3) is 5.69 Å². The zero-order chi connectivity index (χ0) is 18.4. The minimum Gasteiger partial charge on any atom is -0.550 e. The van der Waals surface area contributed by atoms with E-state index in [1.54, 1.807) is 31.2 Å². The van der Waals surface area contributed by atoms with Crippen LogP contribution >= 0.6 is 0 Å². The van der Waals surface area contributed by atoms with Crippen LogP contribution in [0.4, 0.5) is 11.4 Å². The highest BCUT2D eigenvalue weighted by atomic mass is 16.6. The molecule has 130 valence electrons. The second kappa shape index (κ2) is 8.05. The molecule has 2 aromatic rings. The van der Waals surface area contributed by atoms with Gasteiger partial charge < -0.3 is 15.2 Å². The van der Waals surface area contributed by atoms with E-state index in [1.165, 1.54) is 24.3 Å². The maximum Gasteiger partial charge on any atom is 0.269 e. The van der Waals surface area contributed by atoms with Crippen LogP contribution in [-0.4, -0.2) is 16.8 Å². The Morgan fingerprint density at radius 2 is 1.68 bits per heavy atom. The molecule has 0 unspecified atom stereocenters. The van der Waals surface area contributed by atoms with Crippen molar-refractivity contribution in [3.05, 3.63) is 70.3 Å². The predicted octanol–water partition coefficient (Wildman–Crippen LogP) is 2.09. The molecule has 0 aliphatic carbocycles. The second-order valence-corrected chi connectivity index (χ2v) is 5.68. The van der Waals surface area contributed by atoms with Gasteiger partial charge >= 0.3 is 0 Å². The van der Waals surface area contributed by atoms with Crippen molar-refractivity contribution >= 4 is 23.3 Å². The lowest BCUT2D eigenvalue weighted by atomic mass is 9.85. The molecular weight excluding hydrogens is 324 g/mol. The summed E-state index contributed by atoms with van der Waals surface area (Å²) in [5.41, 5.74) is 1.07. The summed E-state index contributed by atoms with van der Waals surface area (Å²) in [6.07, 6.45) is -0.255. The quantitative estimate of drug-likeness (QED) is 0.612. The fourth-order valence-corrected chi connectivity index (χ4v) is 2.53. The number of anilines is 1. The third-order valence-corrected chi connectivity index (χ3v) is 4.00. The van der Waals surface area contributed by atoms with Gasteiger partial charge in [0.1, 0.15) is 0 Å². The van der Waals surface area contributed by atoms with Crippen LogP contribution < -0.4 is 10.4 Å². The average molecular weight is 341 g/mol. The van der Waals surface area contributed by atoms with E-state index in [1.807, 2.05) is 6.07 Å². The first-order valence-electron chi connectivity index (χ1n) is 7.68. The van der Waals surface area contributed by atoms with Gasteiger partial charge in [-0.25, -0.2) is 0 Å². The molecule has 0 saturated carbocycles. The van der Waals surface area contributed by atoms with E-state index in [0.29, 0.717) is 5.69 Å². The Labute approximate surface area is 144 Å². The van der Waals surface area contributed by atoms with Crippen molar-refractivity contribution in [2.24, 2.45) is 5.92 Å². The molecule has 0 aliphatic heterocycles. The number of carbonyl (C=O) groups is 2. The average Bonchev–Trinajstić information content (AvgIpc) is 2.60. The van der Waals surface area contributed by atoms with Crippen LogP contribution in [0.15, 0.2) is 54.6 Å². The number of amides is 1. The van der Waals surface area contributed by atoms with Crippen LogP contribution in [0.5, 0.6) is 0 Å². The molecular formula is C18H17N2O5-. The molecule has 25 heavy (non-hydrogen) atoms. The van der Waals surface area contributed by atoms with E-state index in [4.69, 9.17) is 0 Å². The van der Waals surface area contributed by atoms with Crippen molar-refractivity contribution in [1.29, 1.82) is 0 Å². The van der Waals surface area contributed by atoms with Crippen LogP contribution in [0.1, 0.15) is 24.8 Å². The van der Waals surface area contributed by atoms with Crippen molar-refractivity contribution in [2.75, 3.05) is 5.32 Å². The largest absolute Gasteiger partial charge is 0.550 e. The number of non-ortho nitro benzene ring substituents is 1. The van der Waals surface area contributed by atoms with E-state index in [0.717, 1.165) is 5.56 Å². The number of aliphatic carboxylic acids is 1. The third-order valence-electron chi connectivity index (χ3n) is 4.00. The van der Waals surface area contributed by atoms with Crippen LogP contribution in [-0.2, 0) is 9.59 Å². The number of carboxylic acids is 1. The predicted molar refractivity (Wildman–Crippen MR) is 89.7 cm³/mol. The molecule has 1 amide bonds. The SMILES string of the molecule is C[C@H](c1ccccc1)[C@H](CC(=O)Nc1ccc([N+](=O)[O-])cc1)C(=O)[O-]. The first kappa shape index (κ1) is 18.1. The van der Waals surface area contributed by atoms with Gasteiger partial charge in [0.2, 0.25) is 5.91 Å². The summed E-state index contributed by atoms with van der Waals surface area (Å²) >= 11 is 0. The first-order valence-corrected chi connectivity index (χ1v) is 7.68. The Hall–Kier alpha value is -3.22. The van der Waals surface area contributed by atoms with Gasteiger partial charge in [-0.05, 0) is 23.6 Å². The lowest BCUT2D eigenvalue weighted by molar-refractivity contribution is -0.384. The molecule has 0 bridgehead atoms. The van der Waals surface area contributed by atoms with Crippen LogP contribution in [0.3, 0.4) is 0 Å². The summed E-state index contributed by atoms with van der Waals surface area (Å²) in [6.45, 7) is 1.73. The number of nitrogens with zero attached hydrogens (tertiary/aromatic N) is 1. The lowest BCUT2D eigenvalue weighted by Crippen LogP contribution is -2.36. The summed E-state index contributed by atoms with van der Waals surface area (Å²) < 4.78 is 0. The lowest BCUT2D eigenvalue weighted by Gasteiger charge is -2.25. The number of nitro benzene ring substituents is 1. The van der Waals surface area contributed by atoms with Gasteiger partial charge in [-0.1, -0.05) is 37.3 Å². The minimum absolute atomic E-state index is 0.0942. The Bertz CT molecular complexity index is 759. The molecule has 0 aromatic heterocycles. The normalized spacial score (nSPS) is 12.8. The number of hydrogen-bond donors (Lipinski definition) is 1. The second-order valence-electron chi connectivity index (χ2n) is 5.68. The summed E-state index contributed by atoms with van der Waals surface area (Å²) in [5.74, 6) is -3.17. The van der Waals surface area contributed by atoms with E-state index in [9.17, 15) is 24.8 Å². The Morgan fingerprint density at radius 1 is 1.08 bits per heavy atom. The Balaban J connectivity index is 2.05. The summed E-state index contributed by atoms with van der Waals surface area (Å²) in [7, 11) is 0. The molecule has 7 nitrogen and oxygen atoms in total. The number of nitro groups is 1. The molecule has 1 N–H and O–H groups in total. The molecule has 0 saturated heterocycles. The van der Waals surface area contributed by atoms with E-state index < -0.39 is 28.6 Å². The first-order chi connectivity index (χ1) is 11.9. The molecule has 0 spiro atoms. The number of rotatable bonds is 7. The molecule has 0 aliphatic rings. The molecule has 0 heterocycles. The minimum atomic E-state index is -1.30. The van der Waals surface area contributed by atoms with Gasteiger partial charge in [-0.2, -0.15) is 0 Å². The highest BCUT2D eigenvalue weighted by Crippen LogP contribution is 2.27. The Kier molecular flexibility index (Phi) is 5.84. The molecule has 0 radical (unpaired) electrons. The smallest absolute Gasteiger partial charge is 0.269 e. The zero-order valence-corrected chi connectivity index (χ0v) is 13.5. The van der Waals surface area contributed by atoms with Crippen molar-refractivity contribution in [2.45, 2.75) is 19.3 Å². The van der Waals surface area contributed by atoms with Crippen LogP contribution in [0.25, 0.3) is 0 Å². The highest BCUT2D eigenvalue weighted by Gasteiger charge is 2.23. The van der Waals surface area contributed by atoms with E-state index in [-0.39, 0.29) is 12.1 Å². The van der Waals surface area contributed by atoms with Gasteiger partial charge in [-0.15, -0.1) is 0 Å². The van der Waals surface area contributed by atoms with Gasteiger partial charge in [0.05, 0.1) is 4.92 Å². The number of hydrogen-bond acceptors (Lipinski definition) is 5. The van der Waals surface area contributed by atoms with E-state index >= 15 is 0 Å². The standard InChI is InChI=1S/C18H18N2O5/c1-12(13-5-3-2-4-6-13)16(18(22)23)11-17(21)19-14-7-9-15(10-8-14)20(24)25/h2-10,12,16H,11H2,1H3,(H,19,21)(H,22,23)/p-1/t12-,16+/m1/s1. The van der Waals surface area contributed by atoms with Crippen LogP contribution in [0, 0.1) is 16.0 Å². The summed E-state index contributed by atoms with van der Waals surface area (Å²) in [4.78, 5) is 33.7. The molecule has 2 rings (SSSR count). The topological polar surface area (TPSA) is 112 Å². The van der Waals surface area contributed by atoms with Crippen molar-refractivity contribution in [1.82, 2.24) is 0 Å². The fraction of sp³-hybridized carbons (Fsp3) is 0.222. The van der Waals surface area contributed by atoms with Gasteiger partial charge in [-0.3, -0.25) is 14.9 Å². The maximum atomic E-state index is 12.1. The van der Waals surface area contributed by atoms with Crippen molar-refractivity contribution in [3.8, 4) is 0 Å². The summed E-state index contributed by atoms with van der Waals surface area (Å²) in [6, 6.07) is 14.3. The van der Waals surface area contributed by atoms with Crippen LogP contribution in [0.2, 0.25) is 0 Å². The van der Waals surface area contributed by atoms with Gasteiger partial charge in [0.15, 0.2) is 0 Å². The molecule has 7 heteroatoms. The van der Waals surface area contributed by atoms with Gasteiger partial charge in [0, 0.05) is 36.1 Å².